The molecule has 136 valence electrons. The van der Waals surface area contributed by atoms with E-state index < -0.39 is 5.67 Å². The molecular weight excluding hydrogens is 392 g/mol. The summed E-state index contributed by atoms with van der Waals surface area (Å²) in [5.74, 6) is 1.14. The van der Waals surface area contributed by atoms with Crippen LogP contribution in [0, 0.1) is 0 Å². The van der Waals surface area contributed by atoms with E-state index in [2.05, 4.69) is 10.3 Å². The lowest BCUT2D eigenvalue weighted by Crippen LogP contribution is -2.30. The molecular formula is C19H18Cl2FN3S. The van der Waals surface area contributed by atoms with Crippen molar-refractivity contribution in [1.82, 2.24) is 15.0 Å². The molecule has 0 radical (unpaired) electrons. The Morgan fingerprint density at radius 2 is 1.65 bits per heavy atom. The van der Waals surface area contributed by atoms with Gasteiger partial charge in [-0.15, -0.1) is 5.10 Å². The first kappa shape index (κ1) is 19.2. The summed E-state index contributed by atoms with van der Waals surface area (Å²) in [4.78, 5) is 0. The lowest BCUT2D eigenvalue weighted by molar-refractivity contribution is 0.160. The van der Waals surface area contributed by atoms with Gasteiger partial charge in [0.25, 0.3) is 0 Å². The molecule has 1 unspecified atom stereocenters. The second-order valence-electron chi connectivity index (χ2n) is 6.00. The van der Waals surface area contributed by atoms with Crippen molar-refractivity contribution in [2.45, 2.75) is 18.6 Å². The highest BCUT2D eigenvalue weighted by Gasteiger charge is 2.33. The number of hydrogen-bond donors (Lipinski definition) is 0. The van der Waals surface area contributed by atoms with E-state index in [-0.39, 0.29) is 6.54 Å². The van der Waals surface area contributed by atoms with Crippen LogP contribution < -0.4 is 0 Å². The van der Waals surface area contributed by atoms with Gasteiger partial charge in [-0.2, -0.15) is 11.8 Å². The van der Waals surface area contributed by atoms with Gasteiger partial charge >= 0.3 is 0 Å². The van der Waals surface area contributed by atoms with Gasteiger partial charge in [-0.05, 0) is 47.6 Å². The molecule has 7 heteroatoms. The van der Waals surface area contributed by atoms with Crippen molar-refractivity contribution < 1.29 is 4.39 Å². The molecule has 0 N–H and O–H groups in total. The molecule has 2 aromatic carbocycles. The Labute approximate surface area is 166 Å². The van der Waals surface area contributed by atoms with E-state index in [1.54, 1.807) is 48.4 Å². The van der Waals surface area contributed by atoms with Gasteiger partial charge in [0.05, 0.1) is 12.7 Å². The number of benzene rings is 2. The van der Waals surface area contributed by atoms with Gasteiger partial charge < -0.3 is 0 Å². The van der Waals surface area contributed by atoms with Crippen LogP contribution in [-0.4, -0.2) is 26.5 Å². The monoisotopic (exact) mass is 409 g/mol. The first-order valence-corrected chi connectivity index (χ1v) is 10.1. The van der Waals surface area contributed by atoms with Crippen LogP contribution in [-0.2, 0) is 18.6 Å². The number of alkyl halides is 1. The molecule has 1 atom stereocenters. The summed E-state index contributed by atoms with van der Waals surface area (Å²) in [7, 11) is 0. The summed E-state index contributed by atoms with van der Waals surface area (Å²) < 4.78 is 17.4. The normalized spacial score (nSPS) is 13.5. The van der Waals surface area contributed by atoms with Gasteiger partial charge in [-0.1, -0.05) is 52.7 Å². The highest BCUT2D eigenvalue weighted by molar-refractivity contribution is 7.99. The molecule has 3 nitrogen and oxygen atoms in total. The molecule has 0 aliphatic carbocycles. The summed E-state index contributed by atoms with van der Waals surface area (Å²) in [5, 5.41) is 8.98. The van der Waals surface area contributed by atoms with Crippen LogP contribution in [0.3, 0.4) is 0 Å². The molecule has 0 saturated heterocycles. The number of hydrogen-bond acceptors (Lipinski definition) is 3. The van der Waals surface area contributed by atoms with Crippen molar-refractivity contribution in [3.8, 4) is 0 Å². The second-order valence-corrected chi connectivity index (χ2v) is 7.98. The highest BCUT2D eigenvalue weighted by Crippen LogP contribution is 2.33. The third-order valence-corrected chi connectivity index (χ3v) is 5.68. The Kier molecular flexibility index (Phi) is 6.57. The Bertz CT molecular complexity index is 810. The number of halogens is 3. The van der Waals surface area contributed by atoms with Crippen LogP contribution in [0.1, 0.15) is 11.1 Å². The summed E-state index contributed by atoms with van der Waals surface area (Å²) in [5.41, 5.74) is 0.230. The number of aromatic nitrogens is 3. The number of nitrogens with zero attached hydrogens (tertiary/aromatic N) is 3. The SMILES string of the molecule is FC(CSCCc1ccc(Cl)cc1)(Cn1ccnn1)c1ccc(Cl)cc1. The standard InChI is InChI=1S/C19H18Cl2FN3S/c20-17-5-1-15(2-6-17)9-12-26-14-19(22,13-25-11-10-23-24-25)16-3-7-18(21)8-4-16/h1-8,10-11H,9,12-14H2. The average Bonchev–Trinajstić information content (AvgIpc) is 3.13. The maximum atomic E-state index is 15.8. The predicted molar refractivity (Wildman–Crippen MR) is 107 cm³/mol. The quantitative estimate of drug-likeness (QED) is 0.464. The lowest BCUT2D eigenvalue weighted by Gasteiger charge is -2.25. The zero-order chi connectivity index (χ0) is 18.4. The summed E-state index contributed by atoms with van der Waals surface area (Å²) >= 11 is 13.4. The summed E-state index contributed by atoms with van der Waals surface area (Å²) in [6.45, 7) is 0.114. The van der Waals surface area contributed by atoms with Crippen molar-refractivity contribution >= 4 is 35.0 Å². The molecule has 0 aliphatic heterocycles. The van der Waals surface area contributed by atoms with E-state index >= 15 is 4.39 Å². The maximum Gasteiger partial charge on any atom is 0.164 e. The lowest BCUT2D eigenvalue weighted by atomic mass is 9.98. The van der Waals surface area contributed by atoms with Crippen molar-refractivity contribution in [3.63, 3.8) is 0 Å². The van der Waals surface area contributed by atoms with E-state index in [1.165, 1.54) is 10.2 Å². The van der Waals surface area contributed by atoms with E-state index in [0.717, 1.165) is 17.2 Å². The minimum absolute atomic E-state index is 0.114. The first-order chi connectivity index (χ1) is 12.5. The molecule has 0 fully saturated rings. The Morgan fingerprint density at radius 3 is 2.27 bits per heavy atom. The zero-order valence-electron chi connectivity index (χ0n) is 14.0. The van der Waals surface area contributed by atoms with Crippen molar-refractivity contribution in [2.75, 3.05) is 11.5 Å². The third-order valence-electron chi connectivity index (χ3n) is 4.03. The number of thioether (sulfide) groups is 1. The van der Waals surface area contributed by atoms with Crippen molar-refractivity contribution in [1.29, 1.82) is 0 Å². The number of aryl methyl sites for hydroxylation is 1. The van der Waals surface area contributed by atoms with E-state index in [1.807, 2.05) is 24.3 Å². The van der Waals surface area contributed by atoms with Crippen molar-refractivity contribution in [3.05, 3.63) is 82.1 Å². The van der Waals surface area contributed by atoms with Gasteiger partial charge in [-0.3, -0.25) is 0 Å². The second kappa shape index (κ2) is 8.89. The van der Waals surface area contributed by atoms with Gasteiger partial charge in [0.1, 0.15) is 0 Å². The minimum Gasteiger partial charge on any atom is -0.249 e. The van der Waals surface area contributed by atoms with Crippen LogP contribution in [0.15, 0.2) is 60.9 Å². The molecule has 3 rings (SSSR count). The van der Waals surface area contributed by atoms with Crippen LogP contribution in [0.2, 0.25) is 10.0 Å². The molecule has 0 bridgehead atoms. The predicted octanol–water partition coefficient (Wildman–Crippen LogP) is 5.43. The van der Waals surface area contributed by atoms with Gasteiger partial charge in [0.15, 0.2) is 5.67 Å². The molecule has 0 amide bonds. The third kappa shape index (κ3) is 5.22. The van der Waals surface area contributed by atoms with Crippen LogP contribution in [0.5, 0.6) is 0 Å². The number of rotatable bonds is 8. The van der Waals surface area contributed by atoms with Gasteiger partial charge in [-0.25, -0.2) is 9.07 Å². The highest BCUT2D eigenvalue weighted by atomic mass is 35.5. The molecule has 0 spiro atoms. The van der Waals surface area contributed by atoms with E-state index in [9.17, 15) is 0 Å². The van der Waals surface area contributed by atoms with Crippen LogP contribution in [0.4, 0.5) is 4.39 Å². The molecule has 0 aliphatic rings. The van der Waals surface area contributed by atoms with Crippen LogP contribution >= 0.6 is 35.0 Å². The topological polar surface area (TPSA) is 30.7 Å². The fourth-order valence-electron chi connectivity index (χ4n) is 2.62. The molecule has 1 aromatic heterocycles. The van der Waals surface area contributed by atoms with E-state index in [4.69, 9.17) is 23.2 Å². The smallest absolute Gasteiger partial charge is 0.164 e. The molecule has 0 saturated carbocycles. The molecule has 26 heavy (non-hydrogen) atoms. The summed E-state index contributed by atoms with van der Waals surface area (Å²) in [6, 6.07) is 14.6. The molecule has 3 aromatic rings. The Balaban J connectivity index is 1.65. The Morgan fingerprint density at radius 1 is 1.00 bits per heavy atom. The molecule has 1 heterocycles. The summed E-state index contributed by atoms with van der Waals surface area (Å²) in [6.07, 6.45) is 4.08. The minimum atomic E-state index is -1.55. The van der Waals surface area contributed by atoms with E-state index in [0.29, 0.717) is 16.3 Å². The average molecular weight is 410 g/mol. The van der Waals surface area contributed by atoms with Gasteiger partial charge in [0.2, 0.25) is 0 Å². The zero-order valence-corrected chi connectivity index (χ0v) is 16.3. The first-order valence-electron chi connectivity index (χ1n) is 8.16. The fourth-order valence-corrected chi connectivity index (χ4v) is 3.98. The van der Waals surface area contributed by atoms with Crippen LogP contribution in [0.25, 0.3) is 0 Å². The van der Waals surface area contributed by atoms with Gasteiger partial charge in [0, 0.05) is 22.0 Å². The fraction of sp³-hybridized carbons (Fsp3) is 0.263. The van der Waals surface area contributed by atoms with Crippen molar-refractivity contribution in [2.24, 2.45) is 0 Å². The largest absolute Gasteiger partial charge is 0.249 e. The maximum absolute atomic E-state index is 15.8. The Hall–Kier alpha value is -1.56.